The summed E-state index contributed by atoms with van der Waals surface area (Å²) in [6.07, 6.45) is 0. The van der Waals surface area contributed by atoms with Gasteiger partial charge in [0.1, 0.15) is 18.0 Å². The van der Waals surface area contributed by atoms with Crippen molar-refractivity contribution in [3.8, 4) is 22.8 Å². The van der Waals surface area contributed by atoms with Gasteiger partial charge >= 0.3 is 0 Å². The van der Waals surface area contributed by atoms with E-state index < -0.39 is 0 Å². The summed E-state index contributed by atoms with van der Waals surface area (Å²) in [6, 6.07) is 20.3. The molecular weight excluding hydrogens is 352 g/mol. The lowest BCUT2D eigenvalue weighted by molar-refractivity contribution is 0.289. The van der Waals surface area contributed by atoms with Crippen molar-refractivity contribution in [2.45, 2.75) is 20.5 Å². The second-order valence-corrected chi connectivity index (χ2v) is 6.84. The molecule has 0 radical (unpaired) electrons. The van der Waals surface area contributed by atoms with Crippen LogP contribution >= 0.6 is 0 Å². The van der Waals surface area contributed by atoms with E-state index in [0.29, 0.717) is 40.2 Å². The molecule has 0 atom stereocenters. The summed E-state index contributed by atoms with van der Waals surface area (Å²) < 4.78 is 11.7. The second-order valence-electron chi connectivity index (χ2n) is 6.84. The molecule has 0 bridgehead atoms. The molecule has 3 aromatic carbocycles. The number of phenolic OH excluding ortho intramolecular Hbond substituents is 1. The van der Waals surface area contributed by atoms with Crippen molar-refractivity contribution in [1.82, 2.24) is 0 Å². The molecule has 28 heavy (non-hydrogen) atoms. The third-order valence-electron chi connectivity index (χ3n) is 4.73. The molecular formula is C24H20O4. The largest absolute Gasteiger partial charge is 0.504 e. The number of hydrogen-bond donors (Lipinski definition) is 1. The zero-order valence-corrected chi connectivity index (χ0v) is 15.7. The molecule has 0 fully saturated rings. The lowest BCUT2D eigenvalue weighted by atomic mass is 10.0. The van der Waals surface area contributed by atoms with Crippen molar-refractivity contribution in [2.24, 2.45) is 0 Å². The maximum absolute atomic E-state index is 12.7. The molecule has 0 saturated heterocycles. The summed E-state index contributed by atoms with van der Waals surface area (Å²) >= 11 is 0. The Bertz CT molecular complexity index is 1210. The first-order chi connectivity index (χ1) is 13.5. The van der Waals surface area contributed by atoms with Crippen LogP contribution in [0, 0.1) is 13.8 Å². The average Bonchev–Trinajstić information content (AvgIpc) is 2.70. The highest BCUT2D eigenvalue weighted by Crippen LogP contribution is 2.34. The molecule has 1 N–H and O–H groups in total. The van der Waals surface area contributed by atoms with E-state index in [9.17, 15) is 9.90 Å². The predicted octanol–water partition coefficient (Wildman–Crippen LogP) is 5.36. The summed E-state index contributed by atoms with van der Waals surface area (Å²) in [5.74, 6) is 0.831. The quantitative estimate of drug-likeness (QED) is 0.524. The fourth-order valence-corrected chi connectivity index (χ4v) is 3.18. The van der Waals surface area contributed by atoms with Crippen LogP contribution in [0.25, 0.3) is 22.3 Å². The van der Waals surface area contributed by atoms with Gasteiger partial charge in [-0.1, -0.05) is 36.4 Å². The van der Waals surface area contributed by atoms with Gasteiger partial charge in [-0.15, -0.1) is 0 Å². The van der Waals surface area contributed by atoms with Crippen molar-refractivity contribution < 1.29 is 14.3 Å². The van der Waals surface area contributed by atoms with Crippen molar-refractivity contribution >= 4 is 11.0 Å². The number of aryl methyl sites for hydroxylation is 1. The summed E-state index contributed by atoms with van der Waals surface area (Å²) in [7, 11) is 0. The zero-order valence-electron chi connectivity index (χ0n) is 15.7. The van der Waals surface area contributed by atoms with E-state index in [1.54, 1.807) is 31.2 Å². The van der Waals surface area contributed by atoms with Gasteiger partial charge in [-0.05, 0) is 55.3 Å². The molecule has 4 rings (SSSR count). The van der Waals surface area contributed by atoms with E-state index in [-0.39, 0.29) is 11.2 Å². The number of rotatable bonds is 4. The molecule has 0 saturated carbocycles. The number of ether oxygens (including phenoxy) is 1. The number of benzene rings is 3. The maximum atomic E-state index is 12.7. The first-order valence-electron chi connectivity index (χ1n) is 9.07. The Morgan fingerprint density at radius 3 is 2.50 bits per heavy atom. The molecule has 0 amide bonds. The van der Waals surface area contributed by atoms with Gasteiger partial charge in [0.15, 0.2) is 16.9 Å². The summed E-state index contributed by atoms with van der Waals surface area (Å²) in [6.45, 7) is 4.04. The zero-order chi connectivity index (χ0) is 19.7. The summed E-state index contributed by atoms with van der Waals surface area (Å²) in [5.41, 5.74) is 3.63. The number of phenols is 1. The van der Waals surface area contributed by atoms with Gasteiger partial charge < -0.3 is 14.3 Å². The van der Waals surface area contributed by atoms with Crippen molar-refractivity contribution in [1.29, 1.82) is 0 Å². The van der Waals surface area contributed by atoms with E-state index in [1.165, 1.54) is 0 Å². The molecule has 140 valence electrons. The number of aromatic hydroxyl groups is 1. The SMILES string of the molecule is Cc1ccc2c(=O)c(C)c(-c3ccc(OCc4ccccc4)c(O)c3)oc2c1. The van der Waals surface area contributed by atoms with Crippen LogP contribution in [0.2, 0.25) is 0 Å². The van der Waals surface area contributed by atoms with Crippen LogP contribution in [0.5, 0.6) is 11.5 Å². The predicted molar refractivity (Wildman–Crippen MR) is 110 cm³/mol. The highest BCUT2D eigenvalue weighted by Gasteiger charge is 2.15. The first kappa shape index (κ1) is 17.9. The third-order valence-corrected chi connectivity index (χ3v) is 4.73. The minimum absolute atomic E-state index is 0.000167. The van der Waals surface area contributed by atoms with E-state index in [2.05, 4.69) is 0 Å². The fraction of sp³-hybridized carbons (Fsp3) is 0.125. The van der Waals surface area contributed by atoms with Crippen LogP contribution in [0.4, 0.5) is 0 Å². The average molecular weight is 372 g/mol. The Kier molecular flexibility index (Phi) is 4.62. The Labute approximate surface area is 162 Å². The molecule has 0 unspecified atom stereocenters. The molecule has 1 aromatic heterocycles. The van der Waals surface area contributed by atoms with Crippen LogP contribution in [0.1, 0.15) is 16.7 Å². The number of fused-ring (bicyclic) bond motifs is 1. The van der Waals surface area contributed by atoms with E-state index in [4.69, 9.17) is 9.15 Å². The number of hydrogen-bond acceptors (Lipinski definition) is 4. The molecule has 4 heteroatoms. The maximum Gasteiger partial charge on any atom is 0.196 e. The Morgan fingerprint density at radius 2 is 1.75 bits per heavy atom. The van der Waals surface area contributed by atoms with Crippen LogP contribution < -0.4 is 10.2 Å². The van der Waals surface area contributed by atoms with Crippen LogP contribution in [0.3, 0.4) is 0 Å². The standard InChI is InChI=1S/C24H20O4/c1-15-8-10-19-22(12-15)28-24(16(2)23(19)26)18-9-11-21(20(25)13-18)27-14-17-6-4-3-5-7-17/h3-13,25H,14H2,1-2H3. The molecule has 0 aliphatic rings. The van der Waals surface area contributed by atoms with Gasteiger partial charge in [-0.3, -0.25) is 4.79 Å². The van der Waals surface area contributed by atoms with Gasteiger partial charge in [0.2, 0.25) is 0 Å². The van der Waals surface area contributed by atoms with Crippen LogP contribution in [-0.4, -0.2) is 5.11 Å². The monoisotopic (exact) mass is 372 g/mol. The van der Waals surface area contributed by atoms with Gasteiger partial charge in [0.05, 0.1) is 5.39 Å². The van der Waals surface area contributed by atoms with Crippen LogP contribution in [-0.2, 0) is 6.61 Å². The lowest BCUT2D eigenvalue weighted by Crippen LogP contribution is -2.07. The lowest BCUT2D eigenvalue weighted by Gasteiger charge is -2.11. The molecule has 4 nitrogen and oxygen atoms in total. The van der Waals surface area contributed by atoms with Crippen molar-refractivity contribution in [3.05, 3.63) is 93.6 Å². The Hall–Kier alpha value is -3.53. The molecule has 0 aliphatic heterocycles. The minimum atomic E-state index is -0.0693. The van der Waals surface area contributed by atoms with Gasteiger partial charge in [0.25, 0.3) is 0 Å². The summed E-state index contributed by atoms with van der Waals surface area (Å²) in [5, 5.41) is 11.0. The van der Waals surface area contributed by atoms with E-state index >= 15 is 0 Å². The topological polar surface area (TPSA) is 59.7 Å². The smallest absolute Gasteiger partial charge is 0.196 e. The van der Waals surface area contributed by atoms with Gasteiger partial charge in [-0.2, -0.15) is 0 Å². The molecule has 0 spiro atoms. The van der Waals surface area contributed by atoms with Gasteiger partial charge in [-0.25, -0.2) is 0 Å². The van der Waals surface area contributed by atoms with E-state index in [0.717, 1.165) is 11.1 Å². The van der Waals surface area contributed by atoms with Crippen molar-refractivity contribution in [2.75, 3.05) is 0 Å². The first-order valence-corrected chi connectivity index (χ1v) is 9.07. The molecule has 1 heterocycles. The van der Waals surface area contributed by atoms with Crippen LogP contribution in [0.15, 0.2) is 75.9 Å². The van der Waals surface area contributed by atoms with E-state index in [1.807, 2.05) is 49.4 Å². The highest BCUT2D eigenvalue weighted by atomic mass is 16.5. The Morgan fingerprint density at radius 1 is 0.964 bits per heavy atom. The Balaban J connectivity index is 1.69. The highest BCUT2D eigenvalue weighted by molar-refractivity contribution is 5.81. The fourth-order valence-electron chi connectivity index (χ4n) is 3.18. The third kappa shape index (κ3) is 3.37. The summed E-state index contributed by atoms with van der Waals surface area (Å²) in [4.78, 5) is 12.7. The van der Waals surface area contributed by atoms with Gasteiger partial charge in [0, 0.05) is 11.1 Å². The normalized spacial score (nSPS) is 10.9. The second kappa shape index (κ2) is 7.24. The van der Waals surface area contributed by atoms with Crippen molar-refractivity contribution in [3.63, 3.8) is 0 Å². The molecule has 0 aliphatic carbocycles. The minimum Gasteiger partial charge on any atom is -0.504 e. The molecule has 4 aromatic rings.